The molecule has 0 spiro atoms. The Hall–Kier alpha value is -3.80. The number of aliphatic hydroxyl groups excluding tert-OH is 1. The number of fused-ring (bicyclic) bond motifs is 4. The minimum Gasteiger partial charge on any atom is -0.504 e. The quantitative estimate of drug-likeness (QED) is 0.126. The second-order valence-corrected chi connectivity index (χ2v) is 15.9. The second-order valence-electron chi connectivity index (χ2n) is 15.9. The van der Waals surface area contributed by atoms with Crippen LogP contribution in [0.15, 0.2) is 93.1 Å². The third-order valence-electron chi connectivity index (χ3n) is 11.2. The van der Waals surface area contributed by atoms with E-state index in [4.69, 9.17) is 4.74 Å². The number of hydrogen-bond acceptors (Lipinski definition) is 6. The average Bonchev–Trinajstić information content (AvgIpc) is 3.00. The van der Waals surface area contributed by atoms with E-state index in [1.807, 2.05) is 39.8 Å². The van der Waals surface area contributed by atoms with Crippen molar-refractivity contribution in [3.8, 4) is 0 Å². The van der Waals surface area contributed by atoms with Gasteiger partial charge in [0.1, 0.15) is 17.4 Å². The lowest BCUT2D eigenvalue weighted by molar-refractivity contribution is -0.175. The van der Waals surface area contributed by atoms with Crippen LogP contribution in [0.4, 0.5) is 0 Å². The van der Waals surface area contributed by atoms with Crippen molar-refractivity contribution < 1.29 is 29.0 Å². The Labute approximate surface area is 293 Å². The fraction of sp³-hybridized carbons (Fsp3) is 0.535. The normalized spacial score (nSPS) is 29.2. The van der Waals surface area contributed by atoms with Crippen molar-refractivity contribution in [3.05, 3.63) is 93.1 Å². The zero-order chi connectivity index (χ0) is 36.5. The summed E-state index contributed by atoms with van der Waals surface area (Å²) in [6.07, 6.45) is 16.7. The van der Waals surface area contributed by atoms with Gasteiger partial charge in [-0.3, -0.25) is 19.2 Å². The number of aliphatic hydroxyl groups is 1. The number of ether oxygens (including phenoxy) is 1. The molecule has 49 heavy (non-hydrogen) atoms. The molecular weight excluding hydrogens is 612 g/mol. The molecule has 0 saturated heterocycles. The molecule has 0 aromatic rings. The van der Waals surface area contributed by atoms with E-state index in [0.717, 1.165) is 36.5 Å². The fourth-order valence-electron chi connectivity index (χ4n) is 8.29. The Balaban J connectivity index is 2.07. The van der Waals surface area contributed by atoms with Crippen LogP contribution in [0.3, 0.4) is 0 Å². The van der Waals surface area contributed by atoms with E-state index in [9.17, 15) is 19.5 Å². The molecule has 1 unspecified atom stereocenters. The lowest BCUT2D eigenvalue weighted by Crippen LogP contribution is -2.68. The van der Waals surface area contributed by atoms with Crippen LogP contribution in [0.25, 0.3) is 0 Å². The number of Topliss-reactive ketones (excluding diaryl/α,β-unsaturated/α-hetero) is 3. The van der Waals surface area contributed by atoms with E-state index in [1.54, 1.807) is 0 Å². The van der Waals surface area contributed by atoms with E-state index < -0.39 is 45.5 Å². The Morgan fingerprint density at radius 2 is 1.43 bits per heavy atom. The molecule has 1 aliphatic heterocycles. The number of hydrogen-bond donors (Lipinski definition) is 1. The van der Waals surface area contributed by atoms with Gasteiger partial charge >= 0.3 is 0 Å². The van der Waals surface area contributed by atoms with Gasteiger partial charge < -0.3 is 9.84 Å². The molecule has 264 valence electrons. The monoisotopic (exact) mass is 668 g/mol. The van der Waals surface area contributed by atoms with Crippen LogP contribution < -0.4 is 0 Å². The Morgan fingerprint density at radius 1 is 0.837 bits per heavy atom. The lowest BCUT2D eigenvalue weighted by Gasteiger charge is -2.63. The molecule has 1 fully saturated rings. The summed E-state index contributed by atoms with van der Waals surface area (Å²) >= 11 is 0. The van der Waals surface area contributed by atoms with E-state index in [0.29, 0.717) is 19.3 Å². The summed E-state index contributed by atoms with van der Waals surface area (Å²) in [5.41, 5.74) is 2.14. The van der Waals surface area contributed by atoms with E-state index in [1.165, 1.54) is 22.8 Å². The molecule has 6 heteroatoms. The zero-order valence-electron chi connectivity index (χ0n) is 31.3. The van der Waals surface area contributed by atoms with Crippen molar-refractivity contribution in [1.29, 1.82) is 0 Å². The number of ketones is 4. The maximum Gasteiger partial charge on any atom is 0.220 e. The van der Waals surface area contributed by atoms with Gasteiger partial charge in [0.25, 0.3) is 0 Å². The number of carbonyl (C=O) groups excluding carboxylic acids is 4. The molecule has 3 aliphatic carbocycles. The first-order valence-corrected chi connectivity index (χ1v) is 17.8. The average molecular weight is 669 g/mol. The maximum atomic E-state index is 15.7. The number of allylic oxidation sites excluding steroid dienone is 13. The highest BCUT2D eigenvalue weighted by Gasteiger charge is 2.74. The Morgan fingerprint density at radius 3 is 2.04 bits per heavy atom. The van der Waals surface area contributed by atoms with Crippen LogP contribution in [0.2, 0.25) is 0 Å². The van der Waals surface area contributed by atoms with Crippen molar-refractivity contribution in [2.75, 3.05) is 0 Å². The molecular formula is C43H56O6. The lowest BCUT2D eigenvalue weighted by atomic mass is 9.38. The molecule has 1 heterocycles. The summed E-state index contributed by atoms with van der Waals surface area (Å²) in [7, 11) is 0. The van der Waals surface area contributed by atoms with Gasteiger partial charge in [-0.25, -0.2) is 0 Å². The van der Waals surface area contributed by atoms with Crippen molar-refractivity contribution in [2.24, 2.45) is 22.2 Å². The van der Waals surface area contributed by atoms with E-state index >= 15 is 4.79 Å². The highest BCUT2D eigenvalue weighted by atomic mass is 16.5. The van der Waals surface area contributed by atoms with Gasteiger partial charge in [-0.15, -0.1) is 0 Å². The molecule has 1 N–H and O–H groups in total. The van der Waals surface area contributed by atoms with Crippen molar-refractivity contribution in [3.63, 3.8) is 0 Å². The molecule has 0 amide bonds. The number of carbonyl (C=O) groups is 4. The SMILES string of the molecule is CC(C)=CCC/C(C)=C/C[C@@H]1C[C@@]2(CC=C(C)C)C(=O)C3=C(OC4C=C(O)C(=O)C=C4C3=O)[C@](CC=C(C)C)(C2=O)[C@@]1(C)CCC=C(C)C. The standard InChI is InChI=1S/C43H56O6/c1-26(2)13-11-15-30(9)16-17-31-25-42(21-18-28(5)6)38(47)36-37(46)32-23-33(44)34(45)24-35(32)49-39(36)43(40(42)48,22-19-29(7)8)41(31,10)20-12-14-27(3)4/h13-14,16,18-19,23-24,31,35,45H,11-12,15,17,20-22,25H2,1-10H3/b30-16+/t31-,35?,41+,42+,43-/m1/s1. The van der Waals surface area contributed by atoms with Gasteiger partial charge in [-0.05, 0) is 125 Å². The first kappa shape index (κ1) is 38.0. The van der Waals surface area contributed by atoms with Crippen LogP contribution in [0, 0.1) is 22.2 Å². The van der Waals surface area contributed by atoms with Crippen LogP contribution in [-0.2, 0) is 23.9 Å². The first-order chi connectivity index (χ1) is 22.9. The fourth-order valence-corrected chi connectivity index (χ4v) is 8.29. The third-order valence-corrected chi connectivity index (χ3v) is 11.2. The van der Waals surface area contributed by atoms with Crippen molar-refractivity contribution in [2.45, 2.75) is 127 Å². The maximum absolute atomic E-state index is 15.7. The van der Waals surface area contributed by atoms with Gasteiger partial charge in [0.15, 0.2) is 23.1 Å². The molecule has 0 aromatic carbocycles. The molecule has 1 saturated carbocycles. The summed E-state index contributed by atoms with van der Waals surface area (Å²) < 4.78 is 6.67. The molecule has 4 rings (SSSR count). The van der Waals surface area contributed by atoms with Gasteiger partial charge in [0, 0.05) is 17.7 Å². The van der Waals surface area contributed by atoms with Crippen molar-refractivity contribution >= 4 is 23.1 Å². The number of rotatable bonds is 12. The van der Waals surface area contributed by atoms with Gasteiger partial charge in [0.05, 0.1) is 10.8 Å². The summed E-state index contributed by atoms with van der Waals surface area (Å²) in [6, 6.07) is 0. The molecule has 2 bridgehead atoms. The molecule has 4 aliphatic rings. The van der Waals surface area contributed by atoms with E-state index in [2.05, 4.69) is 59.8 Å². The van der Waals surface area contributed by atoms with E-state index in [-0.39, 0.29) is 41.4 Å². The predicted octanol–water partition coefficient (Wildman–Crippen LogP) is 9.85. The predicted molar refractivity (Wildman–Crippen MR) is 196 cm³/mol. The van der Waals surface area contributed by atoms with Crippen molar-refractivity contribution in [1.82, 2.24) is 0 Å². The minimum atomic E-state index is -1.46. The Kier molecular flexibility index (Phi) is 11.3. The molecule has 0 aromatic heterocycles. The van der Waals surface area contributed by atoms with Gasteiger partial charge in [-0.2, -0.15) is 0 Å². The highest BCUT2D eigenvalue weighted by molar-refractivity contribution is 6.36. The van der Waals surface area contributed by atoms with Crippen LogP contribution in [0.1, 0.15) is 121 Å². The molecule has 5 atom stereocenters. The van der Waals surface area contributed by atoms with Crippen LogP contribution >= 0.6 is 0 Å². The summed E-state index contributed by atoms with van der Waals surface area (Å²) in [6.45, 7) is 20.5. The smallest absolute Gasteiger partial charge is 0.220 e. The summed E-state index contributed by atoms with van der Waals surface area (Å²) in [5, 5.41) is 10.4. The summed E-state index contributed by atoms with van der Waals surface area (Å²) in [5.74, 6) is -2.46. The second kappa shape index (κ2) is 14.6. The zero-order valence-corrected chi connectivity index (χ0v) is 31.3. The topological polar surface area (TPSA) is 97.7 Å². The molecule has 6 nitrogen and oxygen atoms in total. The molecule has 0 radical (unpaired) electrons. The Bertz CT molecular complexity index is 1670. The van der Waals surface area contributed by atoms with Crippen LogP contribution in [0.5, 0.6) is 0 Å². The first-order valence-electron chi connectivity index (χ1n) is 17.8. The minimum absolute atomic E-state index is 0.0229. The highest BCUT2D eigenvalue weighted by Crippen LogP contribution is 2.69. The van der Waals surface area contributed by atoms with Gasteiger partial charge in [-0.1, -0.05) is 65.2 Å². The van der Waals surface area contributed by atoms with Crippen LogP contribution in [-0.4, -0.2) is 34.3 Å². The summed E-state index contributed by atoms with van der Waals surface area (Å²) in [4.78, 5) is 57.6. The van der Waals surface area contributed by atoms with Gasteiger partial charge in [0.2, 0.25) is 5.78 Å². The largest absolute Gasteiger partial charge is 0.504 e. The third kappa shape index (κ3) is 6.98.